The standard InChI is InChI=1S/C17H13N3O2S/c21-15(11-10-12-6-2-1-3-7-12)19-20-16(22)13-8-4-5-9-14(13)18-17(20)23/h1-11H,(H,18,23)(H,19,21)/b11-10+. The molecule has 2 aromatic carbocycles. The Morgan fingerprint density at radius 1 is 1.09 bits per heavy atom. The number of aromatic amines is 1. The molecule has 6 heteroatoms. The molecule has 0 spiro atoms. The maximum Gasteiger partial charge on any atom is 0.281 e. The summed E-state index contributed by atoms with van der Waals surface area (Å²) in [6, 6.07) is 16.4. The molecular formula is C17H13N3O2S. The first-order valence-electron chi connectivity index (χ1n) is 6.93. The van der Waals surface area contributed by atoms with Crippen LogP contribution in [0.25, 0.3) is 17.0 Å². The van der Waals surface area contributed by atoms with Gasteiger partial charge in [0.15, 0.2) is 4.77 Å². The number of benzene rings is 2. The van der Waals surface area contributed by atoms with E-state index in [9.17, 15) is 9.59 Å². The van der Waals surface area contributed by atoms with Crippen molar-refractivity contribution in [2.45, 2.75) is 0 Å². The molecule has 0 atom stereocenters. The molecule has 0 aliphatic rings. The minimum atomic E-state index is -0.439. The lowest BCUT2D eigenvalue weighted by Crippen LogP contribution is -2.33. The van der Waals surface area contributed by atoms with Crippen LogP contribution in [-0.4, -0.2) is 15.6 Å². The fourth-order valence-electron chi connectivity index (χ4n) is 2.15. The maximum atomic E-state index is 12.4. The van der Waals surface area contributed by atoms with Gasteiger partial charge in [-0.2, -0.15) is 4.68 Å². The number of fused-ring (bicyclic) bond motifs is 1. The highest BCUT2D eigenvalue weighted by Crippen LogP contribution is 2.05. The summed E-state index contributed by atoms with van der Waals surface area (Å²) in [6.45, 7) is 0. The first-order valence-corrected chi connectivity index (χ1v) is 7.34. The van der Waals surface area contributed by atoms with Gasteiger partial charge in [-0.15, -0.1) is 0 Å². The van der Waals surface area contributed by atoms with E-state index < -0.39 is 5.91 Å². The molecule has 0 aliphatic carbocycles. The van der Waals surface area contributed by atoms with Gasteiger partial charge in [-0.1, -0.05) is 42.5 Å². The molecule has 0 aliphatic heterocycles. The van der Waals surface area contributed by atoms with Crippen molar-refractivity contribution in [2.24, 2.45) is 0 Å². The third-order valence-electron chi connectivity index (χ3n) is 3.25. The number of aromatic nitrogens is 2. The predicted molar refractivity (Wildman–Crippen MR) is 93.2 cm³/mol. The highest BCUT2D eigenvalue weighted by atomic mass is 32.1. The van der Waals surface area contributed by atoms with E-state index in [-0.39, 0.29) is 10.3 Å². The molecule has 0 unspecified atom stereocenters. The highest BCUT2D eigenvalue weighted by Gasteiger charge is 2.06. The summed E-state index contributed by atoms with van der Waals surface area (Å²) in [4.78, 5) is 27.3. The van der Waals surface area contributed by atoms with Crippen LogP contribution in [0, 0.1) is 4.77 Å². The van der Waals surface area contributed by atoms with Gasteiger partial charge in [-0.3, -0.25) is 15.0 Å². The Labute approximate surface area is 136 Å². The number of carbonyl (C=O) groups excluding carboxylic acids is 1. The van der Waals surface area contributed by atoms with Crippen molar-refractivity contribution in [1.82, 2.24) is 9.66 Å². The first kappa shape index (κ1) is 14.9. The van der Waals surface area contributed by atoms with E-state index in [1.807, 2.05) is 30.3 Å². The van der Waals surface area contributed by atoms with Crippen molar-refractivity contribution < 1.29 is 4.79 Å². The lowest BCUT2D eigenvalue weighted by atomic mass is 10.2. The fourth-order valence-corrected chi connectivity index (χ4v) is 2.39. The quantitative estimate of drug-likeness (QED) is 0.575. The molecule has 23 heavy (non-hydrogen) atoms. The van der Waals surface area contributed by atoms with Gasteiger partial charge in [0.05, 0.1) is 10.9 Å². The van der Waals surface area contributed by atoms with Crippen LogP contribution in [-0.2, 0) is 4.79 Å². The molecule has 3 rings (SSSR count). The lowest BCUT2D eigenvalue weighted by Gasteiger charge is -2.07. The van der Waals surface area contributed by atoms with E-state index in [0.29, 0.717) is 10.9 Å². The molecular weight excluding hydrogens is 310 g/mol. The Kier molecular flexibility index (Phi) is 4.16. The molecule has 3 aromatic rings. The second kappa shape index (κ2) is 6.41. The fraction of sp³-hybridized carbons (Fsp3) is 0. The van der Waals surface area contributed by atoms with Crippen molar-refractivity contribution in [3.8, 4) is 0 Å². The van der Waals surface area contributed by atoms with Gasteiger partial charge in [0.2, 0.25) is 0 Å². The Morgan fingerprint density at radius 2 is 1.78 bits per heavy atom. The number of nitrogens with zero attached hydrogens (tertiary/aromatic N) is 1. The SMILES string of the molecule is O=C(/C=C/c1ccccc1)Nn1c(=S)[nH]c2ccccc2c1=O. The van der Waals surface area contributed by atoms with Crippen LogP contribution in [0.3, 0.4) is 0 Å². The van der Waals surface area contributed by atoms with Crippen molar-refractivity contribution in [1.29, 1.82) is 0 Å². The zero-order valence-corrected chi connectivity index (χ0v) is 12.8. The zero-order valence-electron chi connectivity index (χ0n) is 12.0. The molecule has 1 heterocycles. The normalized spacial score (nSPS) is 11.0. The molecule has 0 fully saturated rings. The van der Waals surface area contributed by atoms with Gasteiger partial charge in [0.25, 0.3) is 11.5 Å². The Bertz CT molecular complexity index is 1000. The molecule has 1 amide bonds. The van der Waals surface area contributed by atoms with Crippen LogP contribution in [0.4, 0.5) is 0 Å². The van der Waals surface area contributed by atoms with Crippen molar-refractivity contribution in [3.63, 3.8) is 0 Å². The number of H-pyrrole nitrogens is 1. The van der Waals surface area contributed by atoms with Crippen LogP contribution in [0.5, 0.6) is 0 Å². The van der Waals surface area contributed by atoms with Gasteiger partial charge in [0, 0.05) is 6.08 Å². The average Bonchev–Trinajstić information content (AvgIpc) is 2.58. The summed E-state index contributed by atoms with van der Waals surface area (Å²) in [5.74, 6) is -0.439. The second-order valence-electron chi connectivity index (χ2n) is 4.84. The summed E-state index contributed by atoms with van der Waals surface area (Å²) in [6.07, 6.45) is 3.01. The number of nitrogens with one attached hydrogen (secondary N) is 2. The Morgan fingerprint density at radius 3 is 2.57 bits per heavy atom. The second-order valence-corrected chi connectivity index (χ2v) is 5.22. The summed E-state index contributed by atoms with van der Waals surface area (Å²) in [5.41, 5.74) is 3.63. The number of para-hydroxylation sites is 1. The zero-order chi connectivity index (χ0) is 16.2. The molecule has 2 N–H and O–H groups in total. The average molecular weight is 323 g/mol. The van der Waals surface area contributed by atoms with E-state index in [1.54, 1.807) is 30.3 Å². The smallest absolute Gasteiger partial charge is 0.281 e. The third-order valence-corrected chi connectivity index (χ3v) is 3.54. The van der Waals surface area contributed by atoms with Gasteiger partial charge in [-0.05, 0) is 36.0 Å². The molecule has 0 saturated heterocycles. The number of hydrogen-bond acceptors (Lipinski definition) is 3. The van der Waals surface area contributed by atoms with Gasteiger partial charge in [0.1, 0.15) is 0 Å². The van der Waals surface area contributed by atoms with E-state index >= 15 is 0 Å². The predicted octanol–water partition coefficient (Wildman–Crippen LogP) is 2.84. The largest absolute Gasteiger partial charge is 0.330 e. The van der Waals surface area contributed by atoms with Gasteiger partial charge >= 0.3 is 0 Å². The van der Waals surface area contributed by atoms with Crippen LogP contribution in [0.2, 0.25) is 0 Å². The number of amides is 1. The first-order chi connectivity index (χ1) is 11.1. The maximum absolute atomic E-state index is 12.4. The molecule has 114 valence electrons. The van der Waals surface area contributed by atoms with E-state index in [4.69, 9.17) is 12.2 Å². The van der Waals surface area contributed by atoms with E-state index in [2.05, 4.69) is 10.4 Å². The van der Waals surface area contributed by atoms with Gasteiger partial charge in [-0.25, -0.2) is 0 Å². The van der Waals surface area contributed by atoms with E-state index in [1.165, 1.54) is 6.08 Å². The molecule has 0 saturated carbocycles. The molecule has 0 radical (unpaired) electrons. The molecule has 1 aromatic heterocycles. The number of carbonyl (C=O) groups is 1. The van der Waals surface area contributed by atoms with Crippen LogP contribution >= 0.6 is 12.2 Å². The van der Waals surface area contributed by atoms with Crippen molar-refractivity contribution >= 4 is 35.1 Å². The Balaban J connectivity index is 1.90. The molecule has 5 nitrogen and oxygen atoms in total. The van der Waals surface area contributed by atoms with E-state index in [0.717, 1.165) is 10.2 Å². The van der Waals surface area contributed by atoms with Crippen LogP contribution < -0.4 is 11.0 Å². The third kappa shape index (κ3) is 3.27. The number of rotatable bonds is 3. The van der Waals surface area contributed by atoms with Crippen molar-refractivity contribution in [2.75, 3.05) is 5.43 Å². The van der Waals surface area contributed by atoms with Crippen molar-refractivity contribution in [3.05, 3.63) is 81.4 Å². The summed E-state index contributed by atoms with van der Waals surface area (Å²) in [7, 11) is 0. The minimum Gasteiger partial charge on any atom is -0.330 e. The van der Waals surface area contributed by atoms with Crippen LogP contribution in [0.1, 0.15) is 5.56 Å². The summed E-state index contributed by atoms with van der Waals surface area (Å²) in [5, 5.41) is 0.452. The lowest BCUT2D eigenvalue weighted by molar-refractivity contribution is -0.112. The highest BCUT2D eigenvalue weighted by molar-refractivity contribution is 7.71. The topological polar surface area (TPSA) is 66.9 Å². The number of hydrogen-bond donors (Lipinski definition) is 2. The molecule has 0 bridgehead atoms. The summed E-state index contributed by atoms with van der Waals surface area (Å²) < 4.78 is 1.17. The monoisotopic (exact) mass is 323 g/mol. The Hall–Kier alpha value is -2.99. The minimum absolute atomic E-state index is 0.134. The van der Waals surface area contributed by atoms with Crippen LogP contribution in [0.15, 0.2) is 65.5 Å². The van der Waals surface area contributed by atoms with Gasteiger partial charge < -0.3 is 4.98 Å². The summed E-state index contributed by atoms with van der Waals surface area (Å²) >= 11 is 5.13.